The maximum atomic E-state index is 14.5. The van der Waals surface area contributed by atoms with Crippen molar-refractivity contribution >= 4 is 55.7 Å². The lowest BCUT2D eigenvalue weighted by atomic mass is 9.87. The van der Waals surface area contributed by atoms with Gasteiger partial charge in [-0.2, -0.15) is 4.98 Å². The van der Waals surface area contributed by atoms with E-state index in [-0.39, 0.29) is 36.6 Å². The number of nitrogens with one attached hydrogen (secondary N) is 3. The molecule has 0 unspecified atom stereocenters. The minimum absolute atomic E-state index is 0.0181. The molecule has 5 atom stereocenters. The molecule has 2 aromatic carbocycles. The van der Waals surface area contributed by atoms with Crippen LogP contribution < -0.4 is 20.1 Å². The van der Waals surface area contributed by atoms with Gasteiger partial charge in [-0.25, -0.2) is 13.4 Å². The van der Waals surface area contributed by atoms with E-state index in [1.165, 1.54) is 11.8 Å². The molecule has 3 N–H and O–H groups in total. The van der Waals surface area contributed by atoms with E-state index in [0.29, 0.717) is 54.6 Å². The fourth-order valence-electron chi connectivity index (χ4n) is 8.14. The van der Waals surface area contributed by atoms with Crippen LogP contribution in [-0.2, 0) is 34.6 Å². The van der Waals surface area contributed by atoms with E-state index in [2.05, 4.69) is 36.1 Å². The number of carbonyl (C=O) groups is 4. The molecule has 0 radical (unpaired) electrons. The molecule has 4 heterocycles. The minimum atomic E-state index is -3.90. The van der Waals surface area contributed by atoms with Crippen molar-refractivity contribution in [2.24, 2.45) is 5.92 Å². The number of ether oxygens (including phenoxy) is 1. The van der Waals surface area contributed by atoms with Crippen LogP contribution in [0.15, 0.2) is 65.1 Å². The number of nitrogens with zero attached hydrogens (tertiary/aromatic N) is 3. The van der Waals surface area contributed by atoms with Crippen LogP contribution in [0.3, 0.4) is 0 Å². The summed E-state index contributed by atoms with van der Waals surface area (Å²) >= 11 is 0. The van der Waals surface area contributed by atoms with Gasteiger partial charge in [0.2, 0.25) is 33.3 Å². The average Bonchev–Trinajstić information content (AvgIpc) is 4.08. The molecule has 58 heavy (non-hydrogen) atoms. The number of fused-ring (bicyclic) bond motifs is 5. The van der Waals surface area contributed by atoms with E-state index in [0.717, 1.165) is 29.4 Å². The van der Waals surface area contributed by atoms with E-state index in [1.807, 2.05) is 60.7 Å². The van der Waals surface area contributed by atoms with Gasteiger partial charge in [-0.05, 0) is 61.6 Å². The molecule has 4 aliphatic rings. The maximum absolute atomic E-state index is 14.5. The Bertz CT molecular complexity index is 2420. The quantitative estimate of drug-likeness (QED) is 0.209. The summed E-state index contributed by atoms with van der Waals surface area (Å²) in [4.78, 5) is 66.3. The number of carbonyl (C=O) groups excluding carboxylic acids is 4. The van der Waals surface area contributed by atoms with Crippen molar-refractivity contribution < 1.29 is 36.7 Å². The molecule has 2 saturated carbocycles. The van der Waals surface area contributed by atoms with Crippen molar-refractivity contribution in [1.29, 1.82) is 0 Å². The van der Waals surface area contributed by atoms with Gasteiger partial charge in [0.05, 0.1) is 11.8 Å². The number of para-hydroxylation sites is 1. The Morgan fingerprint density at radius 1 is 1.00 bits per heavy atom. The van der Waals surface area contributed by atoms with Crippen molar-refractivity contribution in [2.45, 2.75) is 120 Å². The van der Waals surface area contributed by atoms with E-state index in [4.69, 9.17) is 19.1 Å². The third kappa shape index (κ3) is 7.92. The molecule has 0 bridgehead atoms. The molecular weight excluding hydrogens is 761 g/mol. The lowest BCUT2D eigenvalue weighted by molar-refractivity contribution is -0.142. The van der Waals surface area contributed by atoms with Crippen molar-refractivity contribution in [3.8, 4) is 17.3 Å². The predicted octanol–water partition coefficient (Wildman–Crippen LogP) is 5.20. The summed E-state index contributed by atoms with van der Waals surface area (Å²) < 4.78 is 40.9. The van der Waals surface area contributed by atoms with Crippen molar-refractivity contribution in [1.82, 2.24) is 30.2 Å². The number of sulfonamides is 1. The molecule has 3 fully saturated rings. The Kier molecular flexibility index (Phi) is 10.3. The zero-order valence-corrected chi connectivity index (χ0v) is 34.1. The highest BCUT2D eigenvalue weighted by molar-refractivity contribution is 7.91. The number of hydrogen-bond acceptors (Lipinski definition) is 10. The molecule has 4 amide bonds. The first kappa shape index (κ1) is 39.5. The second-order valence-electron chi connectivity index (χ2n) is 17.2. The SMILES string of the molecule is CC(=O)N[C@H]1CCCCCC=C[C@@H]2C[C@@]2(C(=O)NS(=O)(=O)C2CC2)NC(=O)[C@@H]2C[C@@H](Oc3nc(-c4ccc(C(C)(C)C)cc4)nc4c3oc3ccccc34)CN2C1=O. The van der Waals surface area contributed by atoms with Crippen LogP contribution in [0.1, 0.15) is 91.0 Å². The Morgan fingerprint density at radius 3 is 2.48 bits per heavy atom. The van der Waals surface area contributed by atoms with Crippen LogP contribution in [0.4, 0.5) is 0 Å². The van der Waals surface area contributed by atoms with Gasteiger partial charge in [-0.1, -0.05) is 82.2 Å². The molecule has 15 heteroatoms. The highest BCUT2D eigenvalue weighted by Gasteiger charge is 2.62. The van der Waals surface area contributed by atoms with Crippen molar-refractivity contribution in [3.05, 3.63) is 66.2 Å². The van der Waals surface area contributed by atoms with Gasteiger partial charge in [0.25, 0.3) is 11.8 Å². The molecule has 1 saturated heterocycles. The van der Waals surface area contributed by atoms with E-state index >= 15 is 0 Å². The van der Waals surface area contributed by atoms with Gasteiger partial charge in [0.15, 0.2) is 5.82 Å². The highest BCUT2D eigenvalue weighted by atomic mass is 32.2. The van der Waals surface area contributed by atoms with Crippen LogP contribution in [0.5, 0.6) is 5.88 Å². The number of hydrogen-bond donors (Lipinski definition) is 3. The smallest absolute Gasteiger partial charge is 0.262 e. The molecule has 2 aliphatic heterocycles. The first-order valence-corrected chi connectivity index (χ1v) is 21.8. The second-order valence-corrected chi connectivity index (χ2v) is 19.2. The molecule has 14 nitrogen and oxygen atoms in total. The van der Waals surface area contributed by atoms with Gasteiger partial charge in [-0.3, -0.25) is 23.9 Å². The minimum Gasteiger partial charge on any atom is -0.470 e. The number of benzene rings is 2. The summed E-state index contributed by atoms with van der Waals surface area (Å²) in [5.41, 5.74) is 1.79. The number of amides is 4. The molecule has 2 aromatic heterocycles. The summed E-state index contributed by atoms with van der Waals surface area (Å²) in [6.45, 7) is 7.73. The summed E-state index contributed by atoms with van der Waals surface area (Å²) in [6.07, 6.45) is 7.57. The standard InChI is InChI=1S/C43H50N6O8S/c1-25(50)44-32-14-9-7-5-6-8-12-28-23-43(28,41(53)48-58(54,55)30-20-21-30)47-38(51)33-22-29(24-49(33)40(32)52)56-39-36-35(31-13-10-11-15-34(31)57-36)45-37(46-39)26-16-18-27(19-17-26)42(2,3)4/h8,10-13,15-19,28-30,32-33H,5-7,9,14,20-24H2,1-4H3,(H,44,50)(H,47,51)(H,48,53)/t28-,29-,32+,33+,43-/m1/s1. The molecular formula is C43H50N6O8S. The lowest BCUT2D eigenvalue weighted by Gasteiger charge is -2.29. The average molecular weight is 811 g/mol. The van der Waals surface area contributed by atoms with Gasteiger partial charge in [0, 0.05) is 30.2 Å². The first-order chi connectivity index (χ1) is 27.6. The van der Waals surface area contributed by atoms with Gasteiger partial charge < -0.3 is 24.7 Å². The van der Waals surface area contributed by atoms with E-state index < -0.39 is 62.6 Å². The van der Waals surface area contributed by atoms with Crippen LogP contribution in [-0.4, -0.2) is 82.4 Å². The van der Waals surface area contributed by atoms with E-state index in [1.54, 1.807) is 0 Å². The Balaban J connectivity index is 1.14. The Hall–Kier alpha value is -5.31. The van der Waals surface area contributed by atoms with Gasteiger partial charge >= 0.3 is 0 Å². The van der Waals surface area contributed by atoms with Crippen molar-refractivity contribution in [3.63, 3.8) is 0 Å². The van der Waals surface area contributed by atoms with Crippen LogP contribution in [0, 0.1) is 5.92 Å². The zero-order chi connectivity index (χ0) is 41.0. The number of aromatic nitrogens is 2. The summed E-state index contributed by atoms with van der Waals surface area (Å²) in [6, 6.07) is 13.5. The number of allylic oxidation sites excluding steroid dienone is 1. The topological polar surface area (TPSA) is 190 Å². The first-order valence-electron chi connectivity index (χ1n) is 20.2. The van der Waals surface area contributed by atoms with E-state index in [9.17, 15) is 27.6 Å². The monoisotopic (exact) mass is 810 g/mol. The van der Waals surface area contributed by atoms with Gasteiger partial charge in [-0.15, -0.1) is 0 Å². The Labute approximate surface area is 337 Å². The number of furan rings is 1. The summed E-state index contributed by atoms with van der Waals surface area (Å²) in [7, 11) is -3.90. The second kappa shape index (κ2) is 15.1. The summed E-state index contributed by atoms with van der Waals surface area (Å²) in [5, 5.41) is 5.83. The third-order valence-electron chi connectivity index (χ3n) is 11.7. The van der Waals surface area contributed by atoms with Crippen LogP contribution in [0.2, 0.25) is 0 Å². The maximum Gasteiger partial charge on any atom is 0.262 e. The third-order valence-corrected chi connectivity index (χ3v) is 13.5. The molecule has 4 aromatic rings. The normalized spacial score (nSPS) is 25.6. The fraction of sp³-hybridized carbons (Fsp3) is 0.488. The summed E-state index contributed by atoms with van der Waals surface area (Å²) in [5.74, 6) is -2.12. The Morgan fingerprint density at radius 2 is 1.76 bits per heavy atom. The molecule has 306 valence electrons. The zero-order valence-electron chi connectivity index (χ0n) is 33.2. The van der Waals surface area contributed by atoms with Crippen LogP contribution in [0.25, 0.3) is 33.5 Å². The van der Waals surface area contributed by atoms with Crippen molar-refractivity contribution in [2.75, 3.05) is 6.54 Å². The molecule has 2 aliphatic carbocycles. The highest BCUT2D eigenvalue weighted by Crippen LogP contribution is 2.46. The molecule has 8 rings (SSSR count). The van der Waals surface area contributed by atoms with Gasteiger partial charge in [0.1, 0.15) is 34.8 Å². The largest absolute Gasteiger partial charge is 0.470 e. The van der Waals surface area contributed by atoms with Crippen LogP contribution >= 0.6 is 0 Å². The number of rotatable bonds is 7. The molecule has 0 spiro atoms. The lowest BCUT2D eigenvalue weighted by Crippen LogP contribution is -2.58. The predicted molar refractivity (Wildman–Crippen MR) is 217 cm³/mol. The fourth-order valence-corrected chi connectivity index (χ4v) is 9.51.